The molecule has 2 amide bonds. The Balaban J connectivity index is 1.28. The molecule has 2 heterocycles. The molecule has 7 heteroatoms. The molecule has 0 atom stereocenters. The van der Waals surface area contributed by atoms with Gasteiger partial charge in [0.2, 0.25) is 5.91 Å². The number of hydrogen-bond donors (Lipinski definition) is 1. The number of nitrogens with one attached hydrogen (secondary N) is 1. The molecule has 4 aromatic rings. The maximum absolute atomic E-state index is 13.4. The van der Waals surface area contributed by atoms with Crippen molar-refractivity contribution in [3.05, 3.63) is 94.8 Å². The van der Waals surface area contributed by atoms with Crippen LogP contribution in [0.15, 0.2) is 72.8 Å². The van der Waals surface area contributed by atoms with E-state index in [-0.39, 0.29) is 18.4 Å². The van der Waals surface area contributed by atoms with Gasteiger partial charge in [0.15, 0.2) is 0 Å². The molecule has 0 radical (unpaired) electrons. The number of halogens is 1. The van der Waals surface area contributed by atoms with Crippen molar-refractivity contribution in [3.63, 3.8) is 0 Å². The fourth-order valence-corrected chi connectivity index (χ4v) is 4.78. The molecule has 0 saturated heterocycles. The van der Waals surface area contributed by atoms with Crippen molar-refractivity contribution in [1.29, 1.82) is 0 Å². The molecule has 0 spiro atoms. The standard InChI is InChI=1S/C28H27ClN4O2/c29-22-15-13-21(14-16-22)28(35)30-17-5-12-26-31-23-9-2-4-11-25(23)33(26)19-27(34)32-18-6-8-20-7-1-3-10-24(20)32/h1-4,7,9-11,13-16H,5-6,8,12,17-19H2,(H,30,35). The number of imidazole rings is 1. The zero-order valence-corrected chi connectivity index (χ0v) is 20.2. The largest absolute Gasteiger partial charge is 0.352 e. The van der Waals surface area contributed by atoms with Crippen molar-refractivity contribution >= 4 is 40.1 Å². The first-order valence-corrected chi connectivity index (χ1v) is 12.3. The van der Waals surface area contributed by atoms with Crippen LogP contribution >= 0.6 is 11.6 Å². The maximum Gasteiger partial charge on any atom is 0.251 e. The third-order valence-corrected chi connectivity index (χ3v) is 6.66. The lowest BCUT2D eigenvalue weighted by Crippen LogP contribution is -2.38. The van der Waals surface area contributed by atoms with Crippen molar-refractivity contribution in [2.24, 2.45) is 0 Å². The van der Waals surface area contributed by atoms with Crippen LogP contribution in [-0.2, 0) is 24.2 Å². The molecule has 0 bridgehead atoms. The average Bonchev–Trinajstić information content (AvgIpc) is 3.23. The Bertz CT molecular complexity index is 1360. The van der Waals surface area contributed by atoms with Gasteiger partial charge in [-0.1, -0.05) is 41.9 Å². The molecule has 0 unspecified atom stereocenters. The number of nitrogens with zero attached hydrogens (tertiary/aromatic N) is 3. The molecule has 1 N–H and O–H groups in total. The zero-order chi connectivity index (χ0) is 24.2. The van der Waals surface area contributed by atoms with Crippen molar-refractivity contribution in [2.75, 3.05) is 18.0 Å². The molecular weight excluding hydrogens is 460 g/mol. The number of para-hydroxylation sites is 3. The average molecular weight is 487 g/mol. The molecule has 1 aromatic heterocycles. The Morgan fingerprint density at radius 1 is 0.971 bits per heavy atom. The Morgan fingerprint density at radius 2 is 1.74 bits per heavy atom. The highest BCUT2D eigenvalue weighted by Crippen LogP contribution is 2.27. The second kappa shape index (κ2) is 10.3. The van der Waals surface area contributed by atoms with E-state index in [9.17, 15) is 9.59 Å². The van der Waals surface area contributed by atoms with E-state index >= 15 is 0 Å². The van der Waals surface area contributed by atoms with E-state index < -0.39 is 0 Å². The molecule has 0 aliphatic carbocycles. The summed E-state index contributed by atoms with van der Waals surface area (Å²) in [5.41, 5.74) is 4.64. The van der Waals surface area contributed by atoms with Crippen LogP contribution in [0.4, 0.5) is 5.69 Å². The van der Waals surface area contributed by atoms with Gasteiger partial charge in [0, 0.05) is 35.8 Å². The summed E-state index contributed by atoms with van der Waals surface area (Å²) < 4.78 is 2.02. The number of benzene rings is 3. The highest BCUT2D eigenvalue weighted by atomic mass is 35.5. The zero-order valence-electron chi connectivity index (χ0n) is 19.4. The minimum atomic E-state index is -0.130. The number of hydrogen-bond acceptors (Lipinski definition) is 3. The number of anilines is 1. The SMILES string of the molecule is O=C(NCCCc1nc2ccccc2n1CC(=O)N1CCCc2ccccc21)c1ccc(Cl)cc1. The number of rotatable bonds is 7. The van der Waals surface area contributed by atoms with Gasteiger partial charge < -0.3 is 14.8 Å². The van der Waals surface area contributed by atoms with E-state index in [0.717, 1.165) is 41.9 Å². The van der Waals surface area contributed by atoms with Gasteiger partial charge in [-0.15, -0.1) is 0 Å². The quantitative estimate of drug-likeness (QED) is 0.372. The molecule has 1 aliphatic heterocycles. The van der Waals surface area contributed by atoms with Crippen molar-refractivity contribution in [3.8, 4) is 0 Å². The molecule has 6 nitrogen and oxygen atoms in total. The van der Waals surface area contributed by atoms with Gasteiger partial charge in [-0.3, -0.25) is 9.59 Å². The number of fused-ring (bicyclic) bond motifs is 2. The smallest absolute Gasteiger partial charge is 0.251 e. The first-order valence-electron chi connectivity index (χ1n) is 12.0. The summed E-state index contributed by atoms with van der Waals surface area (Å²) in [6.07, 6.45) is 3.33. The van der Waals surface area contributed by atoms with E-state index in [2.05, 4.69) is 11.4 Å². The minimum Gasteiger partial charge on any atom is -0.352 e. The number of amides is 2. The fourth-order valence-electron chi connectivity index (χ4n) is 4.66. The van der Waals surface area contributed by atoms with Gasteiger partial charge in [-0.05, 0) is 67.3 Å². The third kappa shape index (κ3) is 5.08. The van der Waals surface area contributed by atoms with Gasteiger partial charge in [0.25, 0.3) is 5.91 Å². The summed E-state index contributed by atoms with van der Waals surface area (Å²) in [5, 5.41) is 3.55. The molecule has 1 aliphatic rings. The monoisotopic (exact) mass is 486 g/mol. The first kappa shape index (κ1) is 23.1. The minimum absolute atomic E-state index is 0.0672. The first-order chi connectivity index (χ1) is 17.1. The summed E-state index contributed by atoms with van der Waals surface area (Å²) in [6, 6.07) is 22.9. The maximum atomic E-state index is 13.4. The van der Waals surface area contributed by atoms with E-state index in [1.807, 2.05) is 51.9 Å². The summed E-state index contributed by atoms with van der Waals surface area (Å²) in [6.45, 7) is 1.48. The molecule has 0 fully saturated rings. The van der Waals surface area contributed by atoms with Crippen LogP contribution in [0, 0.1) is 0 Å². The summed E-state index contributed by atoms with van der Waals surface area (Å²) in [4.78, 5) is 32.5. The molecule has 5 rings (SSSR count). The number of carbonyl (C=O) groups excluding carboxylic acids is 2. The molecule has 3 aromatic carbocycles. The van der Waals surface area contributed by atoms with Gasteiger partial charge in [-0.2, -0.15) is 0 Å². The van der Waals surface area contributed by atoms with Crippen LogP contribution in [0.5, 0.6) is 0 Å². The van der Waals surface area contributed by atoms with Crippen LogP contribution in [0.3, 0.4) is 0 Å². The van der Waals surface area contributed by atoms with Crippen LogP contribution in [-0.4, -0.2) is 34.5 Å². The van der Waals surface area contributed by atoms with Crippen molar-refractivity contribution in [2.45, 2.75) is 32.2 Å². The summed E-state index contributed by atoms with van der Waals surface area (Å²) in [7, 11) is 0. The van der Waals surface area contributed by atoms with Crippen molar-refractivity contribution in [1.82, 2.24) is 14.9 Å². The van der Waals surface area contributed by atoms with Crippen LogP contribution < -0.4 is 10.2 Å². The second-order valence-electron chi connectivity index (χ2n) is 8.75. The van der Waals surface area contributed by atoms with Gasteiger partial charge in [0.1, 0.15) is 12.4 Å². The van der Waals surface area contributed by atoms with E-state index in [0.29, 0.717) is 30.0 Å². The number of carbonyl (C=O) groups is 2. The fraction of sp³-hybridized carbons (Fsp3) is 0.250. The number of aryl methyl sites for hydroxylation is 2. The number of aromatic nitrogens is 2. The van der Waals surface area contributed by atoms with Gasteiger partial charge in [0.05, 0.1) is 11.0 Å². The topological polar surface area (TPSA) is 67.2 Å². The Morgan fingerprint density at radius 3 is 2.60 bits per heavy atom. The highest BCUT2D eigenvalue weighted by Gasteiger charge is 2.24. The Labute approximate surface area is 209 Å². The van der Waals surface area contributed by atoms with Gasteiger partial charge in [-0.25, -0.2) is 4.98 Å². The van der Waals surface area contributed by atoms with Crippen molar-refractivity contribution < 1.29 is 9.59 Å². The van der Waals surface area contributed by atoms with E-state index in [1.165, 1.54) is 5.56 Å². The molecule has 35 heavy (non-hydrogen) atoms. The Kier molecular flexibility index (Phi) is 6.82. The summed E-state index contributed by atoms with van der Waals surface area (Å²) in [5.74, 6) is 0.789. The highest BCUT2D eigenvalue weighted by molar-refractivity contribution is 6.30. The van der Waals surface area contributed by atoms with Crippen LogP contribution in [0.25, 0.3) is 11.0 Å². The lowest BCUT2D eigenvalue weighted by atomic mass is 10.0. The molecule has 0 saturated carbocycles. The summed E-state index contributed by atoms with van der Waals surface area (Å²) >= 11 is 5.90. The van der Waals surface area contributed by atoms with Gasteiger partial charge >= 0.3 is 0 Å². The normalized spacial score (nSPS) is 13.0. The predicted molar refractivity (Wildman–Crippen MR) is 139 cm³/mol. The predicted octanol–water partition coefficient (Wildman–Crippen LogP) is 5.03. The second-order valence-corrected chi connectivity index (χ2v) is 9.18. The lowest BCUT2D eigenvalue weighted by Gasteiger charge is -2.29. The van der Waals surface area contributed by atoms with E-state index in [1.54, 1.807) is 24.3 Å². The third-order valence-electron chi connectivity index (χ3n) is 6.41. The molecule has 178 valence electrons. The molecular formula is C28H27ClN4O2. The lowest BCUT2D eigenvalue weighted by molar-refractivity contribution is -0.119. The van der Waals surface area contributed by atoms with E-state index in [4.69, 9.17) is 16.6 Å². The Hall–Kier alpha value is -3.64. The van der Waals surface area contributed by atoms with Crippen LogP contribution in [0.1, 0.15) is 34.6 Å². The van der Waals surface area contributed by atoms with Crippen LogP contribution in [0.2, 0.25) is 5.02 Å².